The van der Waals surface area contributed by atoms with E-state index in [9.17, 15) is 0 Å². The Hall–Kier alpha value is -6.84. The Morgan fingerprint density at radius 2 is 0.857 bits per heavy atom. The molecule has 0 aliphatic rings. The van der Waals surface area contributed by atoms with E-state index in [1.165, 1.54) is 51.9 Å². The summed E-state index contributed by atoms with van der Waals surface area (Å²) in [4.78, 5) is 4.79. The van der Waals surface area contributed by atoms with Gasteiger partial charge in [0.2, 0.25) is 0 Å². The van der Waals surface area contributed by atoms with E-state index >= 15 is 0 Å². The van der Waals surface area contributed by atoms with Gasteiger partial charge in [0.1, 0.15) is 0 Å². The Bertz CT molecular complexity index is 3200. The molecule has 2 aromatic heterocycles. The zero-order valence-corrected chi connectivity index (χ0v) is 32.2. The van der Waals surface area contributed by atoms with Gasteiger partial charge in [0, 0.05) is 5.69 Å². The second-order valence-electron chi connectivity index (χ2n) is 14.2. The van der Waals surface area contributed by atoms with Crippen LogP contribution in [0.15, 0.2) is 212 Å². The molecule has 0 amide bonds. The first kappa shape index (κ1) is 32.6. The van der Waals surface area contributed by atoms with E-state index in [4.69, 9.17) is 0 Å². The summed E-state index contributed by atoms with van der Waals surface area (Å²) in [6.45, 7) is 0. The van der Waals surface area contributed by atoms with E-state index < -0.39 is 0 Å². The first-order chi connectivity index (χ1) is 27.8. The number of anilines is 6. The molecular weight excluding hydrogens is 746 g/mol. The fourth-order valence-electron chi connectivity index (χ4n) is 8.41. The number of nitrogens with zero attached hydrogens (tertiary/aromatic N) is 3. The van der Waals surface area contributed by atoms with E-state index in [2.05, 4.69) is 227 Å². The molecule has 0 bridgehead atoms. The molecule has 11 rings (SSSR count). The number of hydrogen-bond acceptors (Lipinski definition) is 2. The van der Waals surface area contributed by atoms with Crippen LogP contribution in [0, 0.1) is 0 Å². The van der Waals surface area contributed by atoms with E-state index in [-0.39, 0.29) is 14.5 Å². The standard InChI is InChI=1S/C52H35N3Se/c1-4-16-37(17-5-1)53(42-29-32-50-48(34-42)45-25-12-13-26-49(45)55(50)39-20-8-3-9-21-39)40-22-14-23-41(33-40)54(38-18-6-2-7-19-38)43-28-31-46-47-30-27-36-15-10-11-24-44(36)52(47)56-51(46)35-43/h1-35H. The van der Waals surface area contributed by atoms with Crippen LogP contribution in [0.1, 0.15) is 0 Å². The van der Waals surface area contributed by atoms with E-state index in [0.717, 1.165) is 39.8 Å². The molecule has 0 aliphatic carbocycles. The zero-order valence-electron chi connectivity index (χ0n) is 30.5. The predicted octanol–water partition coefficient (Wildman–Crippen LogP) is 14.2. The van der Waals surface area contributed by atoms with Gasteiger partial charge in [-0.2, -0.15) is 0 Å². The summed E-state index contributed by atoms with van der Waals surface area (Å²) >= 11 is 0.206. The molecule has 0 unspecified atom stereocenters. The molecule has 9 aromatic carbocycles. The minimum absolute atomic E-state index is 0.206. The molecule has 56 heavy (non-hydrogen) atoms. The number of rotatable bonds is 7. The average Bonchev–Trinajstić information content (AvgIpc) is 3.81. The van der Waals surface area contributed by atoms with Crippen LogP contribution in [0.2, 0.25) is 0 Å². The molecule has 0 saturated heterocycles. The third-order valence-corrected chi connectivity index (χ3v) is 13.4. The van der Waals surface area contributed by atoms with Crippen LogP contribution in [0.3, 0.4) is 0 Å². The summed E-state index contributed by atoms with van der Waals surface area (Å²) in [5.74, 6) is 0. The first-order valence-corrected chi connectivity index (χ1v) is 20.7. The van der Waals surface area contributed by atoms with Gasteiger partial charge >= 0.3 is 263 Å². The van der Waals surface area contributed by atoms with Gasteiger partial charge in [0.15, 0.2) is 0 Å². The normalized spacial score (nSPS) is 11.6. The van der Waals surface area contributed by atoms with Crippen LogP contribution in [-0.4, -0.2) is 19.1 Å². The molecule has 0 radical (unpaired) electrons. The average molecular weight is 781 g/mol. The van der Waals surface area contributed by atoms with Crippen LogP contribution in [0.25, 0.3) is 57.6 Å². The van der Waals surface area contributed by atoms with E-state index in [1.54, 1.807) is 0 Å². The summed E-state index contributed by atoms with van der Waals surface area (Å²) in [6.07, 6.45) is 0. The third-order valence-electron chi connectivity index (χ3n) is 10.9. The molecule has 0 fully saturated rings. The minimum atomic E-state index is 0.206. The van der Waals surface area contributed by atoms with Crippen molar-refractivity contribution in [2.24, 2.45) is 0 Å². The van der Waals surface area contributed by atoms with Crippen molar-refractivity contribution in [1.82, 2.24) is 4.57 Å². The Labute approximate surface area is 331 Å². The quantitative estimate of drug-likeness (QED) is 0.149. The van der Waals surface area contributed by atoms with Gasteiger partial charge < -0.3 is 4.57 Å². The number of fused-ring (bicyclic) bond motifs is 8. The van der Waals surface area contributed by atoms with Gasteiger partial charge in [0.25, 0.3) is 0 Å². The van der Waals surface area contributed by atoms with Crippen LogP contribution in [0.5, 0.6) is 0 Å². The summed E-state index contributed by atoms with van der Waals surface area (Å²) in [6, 6.07) is 77.2. The summed E-state index contributed by atoms with van der Waals surface area (Å²) in [7, 11) is 0. The number of para-hydroxylation sites is 4. The van der Waals surface area contributed by atoms with Gasteiger partial charge in [0.05, 0.1) is 5.52 Å². The third kappa shape index (κ3) is 5.42. The van der Waals surface area contributed by atoms with Crippen molar-refractivity contribution in [3.63, 3.8) is 0 Å². The van der Waals surface area contributed by atoms with Crippen LogP contribution >= 0.6 is 0 Å². The number of aromatic nitrogens is 1. The summed E-state index contributed by atoms with van der Waals surface area (Å²) < 4.78 is 5.28. The molecule has 0 spiro atoms. The van der Waals surface area contributed by atoms with Crippen molar-refractivity contribution < 1.29 is 0 Å². The molecule has 2 heterocycles. The maximum absolute atomic E-state index is 2.43. The molecule has 0 aliphatic heterocycles. The SMILES string of the molecule is c1ccc(N(c2cccc(N(c3ccccc3)c3ccc4c(c3)c3ccccc3n4-c3ccccc3)c2)c2ccc3c(c2)[se]c2c4ccccc4ccc32)cc1. The van der Waals surface area contributed by atoms with E-state index in [0.29, 0.717) is 0 Å². The zero-order chi connectivity index (χ0) is 37.0. The van der Waals surface area contributed by atoms with Gasteiger partial charge in [-0.05, 0) is 18.2 Å². The number of benzene rings is 9. The van der Waals surface area contributed by atoms with Gasteiger partial charge in [-0.3, -0.25) is 0 Å². The monoisotopic (exact) mass is 781 g/mol. The van der Waals surface area contributed by atoms with Crippen molar-refractivity contribution >= 4 is 100 Å². The van der Waals surface area contributed by atoms with Crippen LogP contribution in [0.4, 0.5) is 34.1 Å². The van der Waals surface area contributed by atoms with Gasteiger partial charge in [-0.25, -0.2) is 0 Å². The first-order valence-electron chi connectivity index (χ1n) is 19.0. The van der Waals surface area contributed by atoms with E-state index in [1.807, 2.05) is 0 Å². The Balaban J connectivity index is 1.08. The van der Waals surface area contributed by atoms with Crippen LogP contribution < -0.4 is 9.80 Å². The molecule has 264 valence electrons. The van der Waals surface area contributed by atoms with Crippen molar-refractivity contribution in [2.45, 2.75) is 0 Å². The maximum atomic E-state index is 2.43. The van der Waals surface area contributed by atoms with Crippen molar-refractivity contribution in [3.8, 4) is 5.69 Å². The Kier molecular flexibility index (Phi) is 7.84. The second kappa shape index (κ2) is 13.5. The second-order valence-corrected chi connectivity index (χ2v) is 16.4. The Morgan fingerprint density at radius 3 is 1.59 bits per heavy atom. The topological polar surface area (TPSA) is 11.4 Å². The molecule has 0 saturated carbocycles. The number of hydrogen-bond donors (Lipinski definition) is 0. The van der Waals surface area contributed by atoms with Crippen molar-refractivity contribution in [3.05, 3.63) is 212 Å². The summed E-state index contributed by atoms with van der Waals surface area (Å²) in [5, 5.41) is 7.88. The molecule has 11 aromatic rings. The van der Waals surface area contributed by atoms with Crippen molar-refractivity contribution in [1.29, 1.82) is 0 Å². The fourth-order valence-corrected chi connectivity index (χ4v) is 11.1. The molecule has 0 N–H and O–H groups in total. The predicted molar refractivity (Wildman–Crippen MR) is 240 cm³/mol. The molecule has 4 heteroatoms. The molecule has 3 nitrogen and oxygen atoms in total. The Morgan fingerprint density at radius 1 is 0.321 bits per heavy atom. The van der Waals surface area contributed by atoms with Gasteiger partial charge in [-0.15, -0.1) is 0 Å². The van der Waals surface area contributed by atoms with Crippen LogP contribution in [-0.2, 0) is 0 Å². The van der Waals surface area contributed by atoms with Crippen molar-refractivity contribution in [2.75, 3.05) is 9.80 Å². The molecule has 0 atom stereocenters. The summed E-state index contributed by atoms with van der Waals surface area (Å²) in [5.41, 5.74) is 10.2. The fraction of sp³-hybridized carbons (Fsp3) is 0. The van der Waals surface area contributed by atoms with Gasteiger partial charge in [-0.1, -0.05) is 36.4 Å². The molecular formula is C52H35N3Se.